The number of ether oxygens (including phenoxy) is 3. The summed E-state index contributed by atoms with van der Waals surface area (Å²) in [5, 5.41) is 31.9. The molecule has 1 saturated heterocycles. The Hall–Kier alpha value is -1.87. The lowest BCUT2D eigenvalue weighted by Crippen LogP contribution is -2.51. The third kappa shape index (κ3) is 4.57. The largest absolute Gasteiger partial charge is 0.461 e. The van der Waals surface area contributed by atoms with Crippen LogP contribution in [0.15, 0.2) is 18.2 Å². The van der Waals surface area contributed by atoms with Crippen LogP contribution in [0.5, 0.6) is 5.75 Å². The van der Waals surface area contributed by atoms with Gasteiger partial charge in [-0.15, -0.1) is 0 Å². The van der Waals surface area contributed by atoms with Gasteiger partial charge in [0.05, 0.1) is 18.4 Å². The Morgan fingerprint density at radius 2 is 2.12 bits per heavy atom. The number of benzene rings is 1. The summed E-state index contributed by atoms with van der Waals surface area (Å²) >= 11 is 0. The van der Waals surface area contributed by atoms with Crippen molar-refractivity contribution in [3.05, 3.63) is 23.8 Å². The van der Waals surface area contributed by atoms with E-state index in [0.717, 1.165) is 5.56 Å². The first-order valence-corrected chi connectivity index (χ1v) is 7.67. The molecule has 2 rings (SSSR count). The Morgan fingerprint density at radius 3 is 2.75 bits per heavy atom. The molecule has 1 heterocycles. The van der Waals surface area contributed by atoms with Crippen molar-refractivity contribution < 1.29 is 34.3 Å². The second-order valence-corrected chi connectivity index (χ2v) is 5.57. The van der Waals surface area contributed by atoms with Gasteiger partial charge in [-0.2, -0.15) is 0 Å². The van der Waals surface area contributed by atoms with Crippen molar-refractivity contribution >= 4 is 11.7 Å². The molecule has 24 heavy (non-hydrogen) atoms. The molecule has 4 N–H and O–H groups in total. The van der Waals surface area contributed by atoms with Gasteiger partial charge in [0.25, 0.3) is 0 Å². The highest BCUT2D eigenvalue weighted by Crippen LogP contribution is 2.30. The number of nitrogens with one attached hydrogen (secondary N) is 1. The number of aliphatic hydroxyl groups is 3. The standard InChI is InChI=1S/C16H23NO7/c1-9(19)22-8-10-3-4-14(11(5-10)17-2)23-16-13(21)6-12(20)15(7-18)24-16/h3-5,12-13,15-18,20-21H,6-8H2,1-2H3/t12?,13-,15+,16?/m0/s1. The minimum atomic E-state index is -1.02. The molecule has 1 aromatic carbocycles. The van der Waals surface area contributed by atoms with Crippen LogP contribution in [-0.2, 0) is 20.9 Å². The van der Waals surface area contributed by atoms with Crippen molar-refractivity contribution in [1.29, 1.82) is 0 Å². The highest BCUT2D eigenvalue weighted by molar-refractivity contribution is 5.66. The SMILES string of the molecule is CNc1cc(COC(C)=O)ccc1OC1O[C@H](CO)C(O)C[C@@H]1O. The molecule has 8 nitrogen and oxygen atoms in total. The van der Waals surface area contributed by atoms with E-state index in [1.165, 1.54) is 6.92 Å². The van der Waals surface area contributed by atoms with Crippen molar-refractivity contribution in [2.75, 3.05) is 19.0 Å². The van der Waals surface area contributed by atoms with Gasteiger partial charge in [0.2, 0.25) is 6.29 Å². The van der Waals surface area contributed by atoms with Crippen LogP contribution in [0.1, 0.15) is 18.9 Å². The molecule has 0 saturated carbocycles. The normalized spacial score (nSPS) is 26.7. The van der Waals surface area contributed by atoms with Gasteiger partial charge in [0.1, 0.15) is 24.6 Å². The molecule has 0 radical (unpaired) electrons. The van der Waals surface area contributed by atoms with Crippen LogP contribution in [0.4, 0.5) is 5.69 Å². The van der Waals surface area contributed by atoms with Crippen molar-refractivity contribution in [2.45, 2.75) is 44.6 Å². The Labute approximate surface area is 140 Å². The molecule has 1 aliphatic heterocycles. The number of rotatable bonds is 6. The van der Waals surface area contributed by atoms with Crippen LogP contribution in [0.2, 0.25) is 0 Å². The third-order valence-corrected chi connectivity index (χ3v) is 3.71. The highest BCUT2D eigenvalue weighted by atomic mass is 16.7. The maximum absolute atomic E-state index is 10.9. The first-order valence-electron chi connectivity index (χ1n) is 7.67. The van der Waals surface area contributed by atoms with Crippen LogP contribution >= 0.6 is 0 Å². The number of carbonyl (C=O) groups excluding carboxylic acids is 1. The maximum Gasteiger partial charge on any atom is 0.302 e. The zero-order valence-corrected chi connectivity index (χ0v) is 13.6. The highest BCUT2D eigenvalue weighted by Gasteiger charge is 2.37. The number of anilines is 1. The Kier molecular flexibility index (Phi) is 6.38. The smallest absolute Gasteiger partial charge is 0.302 e. The van der Waals surface area contributed by atoms with Crippen LogP contribution in [0, 0.1) is 0 Å². The Bertz CT molecular complexity index is 565. The predicted octanol–water partition coefficient (Wildman–Crippen LogP) is -0.000700. The van der Waals surface area contributed by atoms with Gasteiger partial charge in [-0.25, -0.2) is 0 Å². The molecule has 0 amide bonds. The molecular weight excluding hydrogens is 318 g/mol. The van der Waals surface area contributed by atoms with E-state index in [1.54, 1.807) is 25.2 Å². The second kappa shape index (κ2) is 8.29. The van der Waals surface area contributed by atoms with Gasteiger partial charge in [0, 0.05) is 20.4 Å². The summed E-state index contributed by atoms with van der Waals surface area (Å²) in [4.78, 5) is 10.9. The van der Waals surface area contributed by atoms with E-state index in [4.69, 9.17) is 14.2 Å². The lowest BCUT2D eigenvalue weighted by Gasteiger charge is -2.36. The molecule has 0 bridgehead atoms. The van der Waals surface area contributed by atoms with E-state index in [1.807, 2.05) is 0 Å². The molecule has 0 aliphatic carbocycles. The lowest BCUT2D eigenvalue weighted by atomic mass is 10.0. The molecule has 1 aromatic rings. The Morgan fingerprint density at radius 1 is 1.38 bits per heavy atom. The minimum Gasteiger partial charge on any atom is -0.461 e. The zero-order chi connectivity index (χ0) is 17.7. The topological polar surface area (TPSA) is 117 Å². The molecule has 8 heteroatoms. The molecule has 2 unspecified atom stereocenters. The van der Waals surface area contributed by atoms with E-state index in [2.05, 4.69) is 5.32 Å². The summed E-state index contributed by atoms with van der Waals surface area (Å²) in [6, 6.07) is 5.15. The molecule has 0 aromatic heterocycles. The molecule has 4 atom stereocenters. The van der Waals surface area contributed by atoms with Crippen LogP contribution < -0.4 is 10.1 Å². The van der Waals surface area contributed by atoms with Gasteiger partial charge >= 0.3 is 5.97 Å². The fourth-order valence-electron chi connectivity index (χ4n) is 2.41. The van der Waals surface area contributed by atoms with Crippen molar-refractivity contribution in [1.82, 2.24) is 0 Å². The van der Waals surface area contributed by atoms with Crippen LogP contribution in [0.25, 0.3) is 0 Å². The summed E-state index contributed by atoms with van der Waals surface area (Å²) < 4.78 is 16.0. The van der Waals surface area contributed by atoms with Crippen molar-refractivity contribution in [3.8, 4) is 5.75 Å². The van der Waals surface area contributed by atoms with Gasteiger partial charge in [-0.3, -0.25) is 4.79 Å². The molecular formula is C16H23NO7. The summed E-state index contributed by atoms with van der Waals surface area (Å²) in [7, 11) is 1.70. The molecule has 1 aliphatic rings. The summed E-state index contributed by atoms with van der Waals surface area (Å²) in [5.74, 6) is 0.0647. The predicted molar refractivity (Wildman–Crippen MR) is 84.5 cm³/mol. The Balaban J connectivity index is 2.09. The van der Waals surface area contributed by atoms with Crippen LogP contribution in [0.3, 0.4) is 0 Å². The van der Waals surface area contributed by atoms with E-state index in [-0.39, 0.29) is 25.6 Å². The van der Waals surface area contributed by atoms with Gasteiger partial charge in [-0.05, 0) is 17.7 Å². The number of aliphatic hydroxyl groups excluding tert-OH is 3. The number of hydrogen-bond donors (Lipinski definition) is 4. The summed E-state index contributed by atoms with van der Waals surface area (Å²) in [5.41, 5.74) is 1.40. The first kappa shape index (κ1) is 18.5. The number of esters is 1. The fourth-order valence-corrected chi connectivity index (χ4v) is 2.41. The number of hydrogen-bond acceptors (Lipinski definition) is 8. The third-order valence-electron chi connectivity index (χ3n) is 3.71. The van der Waals surface area contributed by atoms with E-state index in [0.29, 0.717) is 11.4 Å². The van der Waals surface area contributed by atoms with E-state index in [9.17, 15) is 20.1 Å². The average Bonchev–Trinajstić information content (AvgIpc) is 2.56. The quantitative estimate of drug-likeness (QED) is 0.534. The van der Waals surface area contributed by atoms with E-state index >= 15 is 0 Å². The first-order chi connectivity index (χ1) is 11.4. The van der Waals surface area contributed by atoms with E-state index < -0.39 is 24.6 Å². The second-order valence-electron chi connectivity index (χ2n) is 5.57. The van der Waals surface area contributed by atoms with Crippen molar-refractivity contribution in [2.24, 2.45) is 0 Å². The summed E-state index contributed by atoms with van der Waals surface area (Å²) in [6.45, 7) is 1.11. The monoisotopic (exact) mass is 341 g/mol. The zero-order valence-electron chi connectivity index (χ0n) is 13.6. The van der Waals surface area contributed by atoms with Gasteiger partial charge in [-0.1, -0.05) is 6.07 Å². The van der Waals surface area contributed by atoms with Gasteiger partial charge < -0.3 is 34.8 Å². The fraction of sp³-hybridized carbons (Fsp3) is 0.562. The van der Waals surface area contributed by atoms with Crippen molar-refractivity contribution in [3.63, 3.8) is 0 Å². The molecule has 134 valence electrons. The van der Waals surface area contributed by atoms with Crippen LogP contribution in [-0.4, -0.2) is 59.5 Å². The lowest BCUT2D eigenvalue weighted by molar-refractivity contribution is -0.240. The maximum atomic E-state index is 10.9. The number of carbonyl (C=O) groups is 1. The minimum absolute atomic E-state index is 0.0509. The van der Waals surface area contributed by atoms with Gasteiger partial charge in [0.15, 0.2) is 0 Å². The molecule has 0 spiro atoms. The average molecular weight is 341 g/mol. The summed E-state index contributed by atoms with van der Waals surface area (Å²) in [6.07, 6.45) is -3.72. The molecule has 1 fully saturated rings.